The third-order valence-corrected chi connectivity index (χ3v) is 4.39. The first-order chi connectivity index (χ1) is 13.6. The molecule has 0 fully saturated rings. The molecule has 0 atom stereocenters. The van der Waals surface area contributed by atoms with E-state index in [0.29, 0.717) is 40.0 Å². The Morgan fingerprint density at radius 3 is 2.82 bits per heavy atom. The molecule has 2 heterocycles. The molecule has 2 aliphatic rings. The maximum Gasteiger partial charge on any atom is 0.325 e. The van der Waals surface area contributed by atoms with E-state index in [1.54, 1.807) is 30.3 Å². The summed E-state index contributed by atoms with van der Waals surface area (Å²) in [6.45, 7) is 0.320. The van der Waals surface area contributed by atoms with Gasteiger partial charge in [0.1, 0.15) is 18.9 Å². The van der Waals surface area contributed by atoms with Gasteiger partial charge < -0.3 is 29.0 Å². The number of esters is 1. The molecule has 0 unspecified atom stereocenters. The average molecular weight is 406 g/mol. The summed E-state index contributed by atoms with van der Waals surface area (Å²) in [5.74, 6) is 0.664. The van der Waals surface area contributed by atoms with Gasteiger partial charge >= 0.3 is 5.97 Å². The Bertz CT molecular complexity index is 931. The van der Waals surface area contributed by atoms with Crippen molar-refractivity contribution in [2.75, 3.05) is 20.1 Å². The molecular weight excluding hydrogens is 390 g/mol. The number of fused-ring (bicyclic) bond motifs is 2. The molecule has 0 saturated carbocycles. The number of hydrogen-bond donors (Lipinski definition) is 1. The second kappa shape index (κ2) is 7.95. The molecule has 1 N–H and O–H groups in total. The number of carbonyl (C=O) groups is 2. The fourth-order valence-electron chi connectivity index (χ4n) is 2.87. The number of benzene rings is 2. The number of ether oxygens (including phenoxy) is 5. The minimum absolute atomic E-state index is 0.0262. The summed E-state index contributed by atoms with van der Waals surface area (Å²) in [4.78, 5) is 24.2. The van der Waals surface area contributed by atoms with E-state index in [1.165, 1.54) is 0 Å². The Kier molecular flexibility index (Phi) is 5.23. The zero-order chi connectivity index (χ0) is 19.5. The van der Waals surface area contributed by atoms with Gasteiger partial charge in [-0.1, -0.05) is 11.6 Å². The van der Waals surface area contributed by atoms with Gasteiger partial charge in [0, 0.05) is 21.7 Å². The molecule has 2 aromatic carbocycles. The van der Waals surface area contributed by atoms with Gasteiger partial charge in [0.05, 0.1) is 6.61 Å². The van der Waals surface area contributed by atoms with Crippen molar-refractivity contribution in [3.05, 3.63) is 52.0 Å². The molecule has 0 aromatic heterocycles. The molecule has 1 amide bonds. The lowest BCUT2D eigenvalue weighted by Crippen LogP contribution is -2.30. The van der Waals surface area contributed by atoms with Crippen molar-refractivity contribution in [3.63, 3.8) is 0 Å². The Morgan fingerprint density at radius 1 is 1.07 bits per heavy atom. The smallest absolute Gasteiger partial charge is 0.325 e. The van der Waals surface area contributed by atoms with Gasteiger partial charge in [0.15, 0.2) is 18.3 Å². The summed E-state index contributed by atoms with van der Waals surface area (Å²) in [6.07, 6.45) is 0. The van der Waals surface area contributed by atoms with Crippen LogP contribution in [0.4, 0.5) is 0 Å². The summed E-state index contributed by atoms with van der Waals surface area (Å²) in [5.41, 5.74) is 1.79. The Balaban J connectivity index is 1.32. The lowest BCUT2D eigenvalue weighted by molar-refractivity contribution is -0.143. The minimum atomic E-state index is -0.588. The zero-order valence-corrected chi connectivity index (χ0v) is 15.4. The van der Waals surface area contributed by atoms with Crippen molar-refractivity contribution in [1.82, 2.24) is 5.32 Å². The van der Waals surface area contributed by atoms with E-state index in [4.69, 9.17) is 35.3 Å². The first-order valence-electron chi connectivity index (χ1n) is 8.45. The van der Waals surface area contributed by atoms with Crippen LogP contribution in [0.2, 0.25) is 5.02 Å². The van der Waals surface area contributed by atoms with Gasteiger partial charge in [-0.05, 0) is 30.3 Å². The highest BCUT2D eigenvalue weighted by molar-refractivity contribution is 6.30. The Hall–Kier alpha value is -2.97. The highest BCUT2D eigenvalue weighted by Crippen LogP contribution is 2.33. The molecule has 0 aliphatic carbocycles. The third-order valence-electron chi connectivity index (χ3n) is 4.17. The first-order valence-corrected chi connectivity index (χ1v) is 8.83. The fourth-order valence-corrected chi connectivity index (χ4v) is 3.13. The predicted molar refractivity (Wildman–Crippen MR) is 96.4 cm³/mol. The normalized spacial score (nSPS) is 14.0. The molecule has 8 nitrogen and oxygen atoms in total. The number of hydrogen-bond acceptors (Lipinski definition) is 7. The van der Waals surface area contributed by atoms with Crippen molar-refractivity contribution in [3.8, 4) is 17.2 Å². The van der Waals surface area contributed by atoms with Gasteiger partial charge in [0.25, 0.3) is 5.91 Å². The topological polar surface area (TPSA) is 92.3 Å². The SMILES string of the molecule is O=C(CNC(=O)c1ccc2c(c1)OCO2)OCc1cc(Cl)cc2c1OCOC2. The summed E-state index contributed by atoms with van der Waals surface area (Å²) in [6, 6.07) is 8.20. The van der Waals surface area contributed by atoms with E-state index in [0.717, 1.165) is 5.56 Å². The van der Waals surface area contributed by atoms with Crippen LogP contribution < -0.4 is 19.5 Å². The van der Waals surface area contributed by atoms with E-state index in [9.17, 15) is 9.59 Å². The molecule has 2 aromatic rings. The molecular formula is C19H16ClNO7. The van der Waals surface area contributed by atoms with Crippen LogP contribution in [0, 0.1) is 0 Å². The van der Waals surface area contributed by atoms with Crippen molar-refractivity contribution in [2.24, 2.45) is 0 Å². The van der Waals surface area contributed by atoms with E-state index in [2.05, 4.69) is 5.32 Å². The molecule has 28 heavy (non-hydrogen) atoms. The van der Waals surface area contributed by atoms with E-state index in [-0.39, 0.29) is 26.7 Å². The largest absolute Gasteiger partial charge is 0.467 e. The second-order valence-electron chi connectivity index (χ2n) is 6.08. The molecule has 0 radical (unpaired) electrons. The van der Waals surface area contributed by atoms with Crippen LogP contribution in [0.1, 0.15) is 21.5 Å². The zero-order valence-electron chi connectivity index (χ0n) is 14.7. The summed E-state index contributed by atoms with van der Waals surface area (Å²) < 4.78 is 26.3. The number of amides is 1. The number of halogens is 1. The van der Waals surface area contributed by atoms with Gasteiger partial charge in [0.2, 0.25) is 6.79 Å². The average Bonchev–Trinajstić information content (AvgIpc) is 3.17. The van der Waals surface area contributed by atoms with Crippen molar-refractivity contribution < 1.29 is 33.3 Å². The lowest BCUT2D eigenvalue weighted by atomic mass is 10.1. The van der Waals surface area contributed by atoms with E-state index < -0.39 is 11.9 Å². The quantitative estimate of drug-likeness (QED) is 0.763. The highest BCUT2D eigenvalue weighted by atomic mass is 35.5. The van der Waals surface area contributed by atoms with Crippen molar-refractivity contribution in [1.29, 1.82) is 0 Å². The van der Waals surface area contributed by atoms with Crippen LogP contribution in [0.15, 0.2) is 30.3 Å². The number of nitrogens with one attached hydrogen (secondary N) is 1. The molecule has 0 spiro atoms. The molecule has 0 bridgehead atoms. The van der Waals surface area contributed by atoms with Crippen LogP contribution in [-0.4, -0.2) is 32.0 Å². The van der Waals surface area contributed by atoms with Gasteiger partial charge in [-0.25, -0.2) is 0 Å². The Labute approximate surface area is 165 Å². The monoisotopic (exact) mass is 405 g/mol. The first kappa shape index (κ1) is 18.4. The van der Waals surface area contributed by atoms with Gasteiger partial charge in [-0.15, -0.1) is 0 Å². The predicted octanol–water partition coefficient (Wildman–Crippen LogP) is 2.41. The van der Waals surface area contributed by atoms with Crippen molar-refractivity contribution in [2.45, 2.75) is 13.2 Å². The lowest BCUT2D eigenvalue weighted by Gasteiger charge is -2.21. The summed E-state index contributed by atoms with van der Waals surface area (Å²) in [5, 5.41) is 3.01. The van der Waals surface area contributed by atoms with Crippen LogP contribution in [0.25, 0.3) is 0 Å². The van der Waals surface area contributed by atoms with Crippen molar-refractivity contribution >= 4 is 23.5 Å². The van der Waals surface area contributed by atoms with Gasteiger partial charge in [-0.3, -0.25) is 9.59 Å². The van der Waals surface area contributed by atoms with Crippen LogP contribution in [-0.2, 0) is 27.5 Å². The summed E-state index contributed by atoms with van der Waals surface area (Å²) >= 11 is 6.08. The van der Waals surface area contributed by atoms with Crippen LogP contribution in [0.5, 0.6) is 17.2 Å². The third kappa shape index (κ3) is 3.97. The Morgan fingerprint density at radius 2 is 1.93 bits per heavy atom. The highest BCUT2D eigenvalue weighted by Gasteiger charge is 2.19. The van der Waals surface area contributed by atoms with Gasteiger partial charge in [-0.2, -0.15) is 0 Å². The molecule has 2 aliphatic heterocycles. The number of rotatable bonds is 5. The molecule has 9 heteroatoms. The molecule has 0 saturated heterocycles. The number of carbonyl (C=O) groups excluding carboxylic acids is 2. The molecule has 4 rings (SSSR count). The maximum absolute atomic E-state index is 12.2. The van der Waals surface area contributed by atoms with Crippen LogP contribution in [0.3, 0.4) is 0 Å². The van der Waals surface area contributed by atoms with E-state index >= 15 is 0 Å². The summed E-state index contributed by atoms with van der Waals surface area (Å²) in [7, 11) is 0. The standard InChI is InChI=1S/C19H16ClNO7/c20-14-3-12-7-24-9-28-18(12)13(4-14)8-25-17(22)6-21-19(23)11-1-2-15-16(5-11)27-10-26-15/h1-5H,6-10H2,(H,21,23). The maximum atomic E-state index is 12.2. The van der Waals surface area contributed by atoms with E-state index in [1.807, 2.05) is 0 Å². The second-order valence-corrected chi connectivity index (χ2v) is 6.51. The van der Waals surface area contributed by atoms with Crippen LogP contribution >= 0.6 is 11.6 Å². The molecule has 146 valence electrons. The minimum Gasteiger partial charge on any atom is -0.467 e. The fraction of sp³-hybridized carbons (Fsp3) is 0.263.